The van der Waals surface area contributed by atoms with Gasteiger partial charge in [0.15, 0.2) is 0 Å². The van der Waals surface area contributed by atoms with Crippen LogP contribution in [0.25, 0.3) is 0 Å². The summed E-state index contributed by atoms with van der Waals surface area (Å²) in [5.41, 5.74) is 0.359. The van der Waals surface area contributed by atoms with Crippen molar-refractivity contribution in [2.75, 3.05) is 13.2 Å². The monoisotopic (exact) mass is 288 g/mol. The first-order valence-electron chi connectivity index (χ1n) is 7.62. The van der Waals surface area contributed by atoms with Crippen LogP contribution in [0.5, 0.6) is 0 Å². The molecule has 0 amide bonds. The molecule has 4 heteroatoms. The summed E-state index contributed by atoms with van der Waals surface area (Å²) in [7, 11) is 0. The van der Waals surface area contributed by atoms with Crippen molar-refractivity contribution >= 4 is 5.97 Å². The molecule has 4 atom stereocenters. The van der Waals surface area contributed by atoms with Gasteiger partial charge in [0, 0.05) is 5.92 Å². The topological polar surface area (TPSA) is 44.8 Å². The van der Waals surface area contributed by atoms with Gasteiger partial charge in [-0.05, 0) is 25.3 Å². The Morgan fingerprint density at radius 1 is 1.33 bits per heavy atom. The van der Waals surface area contributed by atoms with E-state index in [-0.39, 0.29) is 23.6 Å². The summed E-state index contributed by atoms with van der Waals surface area (Å²) in [5, 5.41) is 0. The molecule has 3 heterocycles. The normalized spacial score (nSPS) is 40.3. The number of fused-ring (bicyclic) bond motifs is 5. The summed E-state index contributed by atoms with van der Waals surface area (Å²) in [6.45, 7) is 3.58. The molecule has 0 N–H and O–H groups in total. The van der Waals surface area contributed by atoms with E-state index in [2.05, 4.69) is 12.1 Å². The van der Waals surface area contributed by atoms with E-state index in [0.717, 1.165) is 18.4 Å². The number of carbonyl (C=O) groups is 1. The van der Waals surface area contributed by atoms with E-state index in [1.807, 2.05) is 25.1 Å². The Hall–Kier alpha value is -1.39. The number of esters is 1. The molecule has 3 aliphatic heterocycles. The van der Waals surface area contributed by atoms with E-state index >= 15 is 0 Å². The molecule has 0 aliphatic carbocycles. The lowest BCUT2D eigenvalue weighted by molar-refractivity contribution is -0.150. The summed E-state index contributed by atoms with van der Waals surface area (Å²) < 4.78 is 17.5. The summed E-state index contributed by atoms with van der Waals surface area (Å²) in [4.78, 5) is 12.1. The average molecular weight is 288 g/mol. The quantitative estimate of drug-likeness (QED) is 0.798. The van der Waals surface area contributed by atoms with Gasteiger partial charge in [0.25, 0.3) is 0 Å². The summed E-state index contributed by atoms with van der Waals surface area (Å²) in [6.07, 6.45) is 1.89. The third-order valence-electron chi connectivity index (χ3n) is 5.51. The van der Waals surface area contributed by atoms with Gasteiger partial charge >= 0.3 is 5.97 Å². The van der Waals surface area contributed by atoms with E-state index in [9.17, 15) is 4.79 Å². The number of hydrogen-bond acceptors (Lipinski definition) is 4. The number of benzene rings is 1. The van der Waals surface area contributed by atoms with Gasteiger partial charge in [-0.2, -0.15) is 0 Å². The Kier molecular flexibility index (Phi) is 2.88. The first-order valence-corrected chi connectivity index (χ1v) is 7.62. The van der Waals surface area contributed by atoms with E-state index in [4.69, 9.17) is 14.2 Å². The predicted molar refractivity (Wildman–Crippen MR) is 75.5 cm³/mol. The molecule has 21 heavy (non-hydrogen) atoms. The van der Waals surface area contributed by atoms with E-state index in [1.165, 1.54) is 0 Å². The average Bonchev–Trinajstić information content (AvgIpc) is 3.11. The van der Waals surface area contributed by atoms with E-state index in [1.54, 1.807) is 0 Å². The lowest BCUT2D eigenvalue weighted by Gasteiger charge is -2.34. The van der Waals surface area contributed by atoms with Gasteiger partial charge in [-0.3, -0.25) is 4.79 Å². The Labute approximate surface area is 124 Å². The fourth-order valence-corrected chi connectivity index (χ4v) is 4.26. The van der Waals surface area contributed by atoms with Crippen molar-refractivity contribution in [1.29, 1.82) is 0 Å². The van der Waals surface area contributed by atoms with Crippen LogP contribution in [0.4, 0.5) is 0 Å². The number of hydrogen-bond donors (Lipinski definition) is 0. The highest BCUT2D eigenvalue weighted by Gasteiger charge is 2.71. The molecular weight excluding hydrogens is 268 g/mol. The minimum Gasteiger partial charge on any atom is -0.465 e. The highest BCUT2D eigenvalue weighted by atomic mass is 16.6. The van der Waals surface area contributed by atoms with Crippen molar-refractivity contribution in [2.24, 2.45) is 11.3 Å². The Bertz CT molecular complexity index is 557. The van der Waals surface area contributed by atoms with Gasteiger partial charge in [0.2, 0.25) is 0 Å². The maximum Gasteiger partial charge on any atom is 0.314 e. The summed E-state index contributed by atoms with van der Waals surface area (Å²) in [5.74, 6) is 0.0363. The fourth-order valence-electron chi connectivity index (χ4n) is 4.26. The zero-order valence-corrected chi connectivity index (χ0v) is 12.2. The van der Waals surface area contributed by atoms with Gasteiger partial charge in [-0.25, -0.2) is 0 Å². The molecule has 4 rings (SSSR count). The molecule has 0 unspecified atom stereocenters. The van der Waals surface area contributed by atoms with Gasteiger partial charge in [-0.15, -0.1) is 0 Å². The zero-order valence-electron chi connectivity index (χ0n) is 12.2. The third-order valence-corrected chi connectivity index (χ3v) is 5.51. The number of ether oxygens (including phenoxy) is 3. The Morgan fingerprint density at radius 3 is 2.95 bits per heavy atom. The second kappa shape index (κ2) is 4.55. The molecule has 2 bridgehead atoms. The number of carbonyl (C=O) groups excluding carboxylic acids is 1. The lowest BCUT2D eigenvalue weighted by atomic mass is 9.64. The highest BCUT2D eigenvalue weighted by Crippen LogP contribution is 2.61. The van der Waals surface area contributed by atoms with Crippen LogP contribution in [0.15, 0.2) is 30.3 Å². The number of cyclic esters (lactones) is 1. The smallest absolute Gasteiger partial charge is 0.314 e. The summed E-state index contributed by atoms with van der Waals surface area (Å²) in [6, 6.07) is 10.1. The molecule has 0 radical (unpaired) electrons. The molecule has 112 valence electrons. The van der Waals surface area contributed by atoms with Crippen LogP contribution in [0.3, 0.4) is 0 Å². The second-order valence-corrected chi connectivity index (χ2v) is 6.62. The fraction of sp³-hybridized carbons (Fsp3) is 0.588. The van der Waals surface area contributed by atoms with Crippen LogP contribution >= 0.6 is 0 Å². The molecule has 3 fully saturated rings. The van der Waals surface area contributed by atoms with Crippen LogP contribution in [-0.4, -0.2) is 30.9 Å². The number of rotatable bonds is 4. The largest absolute Gasteiger partial charge is 0.465 e. The van der Waals surface area contributed by atoms with Crippen molar-refractivity contribution < 1.29 is 19.0 Å². The molecule has 3 aliphatic rings. The molecule has 0 saturated carbocycles. The Balaban J connectivity index is 1.47. The molecule has 1 aromatic rings. The SMILES string of the molecule is C[C@@]12C(=O)OC[C@@H]1[C@@]1(COCc3ccccc3)CC[C@@H]2O1. The van der Waals surface area contributed by atoms with Crippen molar-refractivity contribution in [1.82, 2.24) is 0 Å². The van der Waals surface area contributed by atoms with Crippen LogP contribution in [0.1, 0.15) is 25.3 Å². The van der Waals surface area contributed by atoms with Crippen molar-refractivity contribution in [3.63, 3.8) is 0 Å². The zero-order chi connectivity index (χ0) is 14.5. The minimum absolute atomic E-state index is 0.00201. The first kappa shape index (κ1) is 13.3. The Morgan fingerprint density at radius 2 is 2.14 bits per heavy atom. The summed E-state index contributed by atoms with van der Waals surface area (Å²) >= 11 is 0. The molecule has 1 aromatic carbocycles. The lowest BCUT2D eigenvalue weighted by Crippen LogP contribution is -2.46. The van der Waals surface area contributed by atoms with Crippen LogP contribution < -0.4 is 0 Å². The van der Waals surface area contributed by atoms with Gasteiger partial charge in [0.05, 0.1) is 31.5 Å². The van der Waals surface area contributed by atoms with E-state index in [0.29, 0.717) is 19.8 Å². The molecule has 0 aromatic heterocycles. The molecule has 4 nitrogen and oxygen atoms in total. The maximum absolute atomic E-state index is 12.1. The third kappa shape index (κ3) is 1.79. The van der Waals surface area contributed by atoms with Crippen molar-refractivity contribution in [3.05, 3.63) is 35.9 Å². The van der Waals surface area contributed by atoms with Crippen molar-refractivity contribution in [2.45, 2.75) is 38.1 Å². The predicted octanol–water partition coefficient (Wildman–Crippen LogP) is 2.31. The van der Waals surface area contributed by atoms with E-state index < -0.39 is 5.41 Å². The highest BCUT2D eigenvalue weighted by molar-refractivity contribution is 5.80. The standard InChI is InChI=1S/C17H20O4/c1-16-13(10-20-15(16)18)17(8-7-14(16)21-17)11-19-9-12-5-3-2-4-6-12/h2-6,13-14H,7-11H2,1H3/t13-,14-,16+,17-/m0/s1. The first-order chi connectivity index (χ1) is 10.2. The van der Waals surface area contributed by atoms with Crippen LogP contribution in [0, 0.1) is 11.3 Å². The second-order valence-electron chi connectivity index (χ2n) is 6.62. The van der Waals surface area contributed by atoms with Gasteiger partial charge in [0.1, 0.15) is 5.41 Å². The van der Waals surface area contributed by atoms with Crippen LogP contribution in [0.2, 0.25) is 0 Å². The molecule has 0 spiro atoms. The van der Waals surface area contributed by atoms with Gasteiger partial charge < -0.3 is 14.2 Å². The maximum atomic E-state index is 12.1. The van der Waals surface area contributed by atoms with Crippen LogP contribution in [-0.2, 0) is 25.6 Å². The van der Waals surface area contributed by atoms with Gasteiger partial charge in [-0.1, -0.05) is 30.3 Å². The van der Waals surface area contributed by atoms with Crippen molar-refractivity contribution in [3.8, 4) is 0 Å². The minimum atomic E-state index is -0.464. The molecular formula is C17H20O4. The molecule has 3 saturated heterocycles.